The topological polar surface area (TPSA) is 80.5 Å². The lowest BCUT2D eigenvalue weighted by Crippen LogP contribution is -1.90. The van der Waals surface area contributed by atoms with E-state index < -0.39 is 0 Å². The molecule has 3 heterocycles. The summed E-state index contributed by atoms with van der Waals surface area (Å²) < 4.78 is 5.84. The molecule has 0 aliphatic carbocycles. The molecule has 0 radical (unpaired) electrons. The Morgan fingerprint density at radius 2 is 2.15 bits per heavy atom. The Labute approximate surface area is 159 Å². The summed E-state index contributed by atoms with van der Waals surface area (Å²) in [5, 5.41) is 18.3. The summed E-state index contributed by atoms with van der Waals surface area (Å²) in [4.78, 5) is 5.80. The third-order valence-electron chi connectivity index (χ3n) is 3.77. The van der Waals surface area contributed by atoms with Gasteiger partial charge < -0.3 is 4.42 Å². The predicted octanol–water partition coefficient (Wildman–Crippen LogP) is 4.67. The van der Waals surface area contributed by atoms with Crippen molar-refractivity contribution in [3.63, 3.8) is 0 Å². The van der Waals surface area contributed by atoms with Crippen LogP contribution in [0.4, 0.5) is 0 Å². The average Bonchev–Trinajstić information content (AvgIpc) is 3.37. The summed E-state index contributed by atoms with van der Waals surface area (Å²) in [6.07, 6.45) is 0.762. The summed E-state index contributed by atoms with van der Waals surface area (Å²) in [7, 11) is 0. The monoisotopic (exact) mass is 383 g/mol. The Bertz CT molecular complexity index is 993. The van der Waals surface area contributed by atoms with Gasteiger partial charge in [-0.1, -0.05) is 35.5 Å². The second-order valence-electron chi connectivity index (χ2n) is 5.90. The van der Waals surface area contributed by atoms with Gasteiger partial charge in [0.05, 0.1) is 5.25 Å². The molecule has 8 heteroatoms. The van der Waals surface area contributed by atoms with Gasteiger partial charge in [-0.2, -0.15) is 0 Å². The molecule has 0 bridgehead atoms. The van der Waals surface area contributed by atoms with E-state index in [1.807, 2.05) is 44.2 Å². The van der Waals surface area contributed by atoms with E-state index in [2.05, 4.69) is 36.8 Å². The maximum Gasteiger partial charge on any atom is 0.247 e. The number of H-pyrrole nitrogens is 1. The number of thioether (sulfide) groups is 1. The Morgan fingerprint density at radius 3 is 2.96 bits per heavy atom. The van der Waals surface area contributed by atoms with Gasteiger partial charge in [-0.3, -0.25) is 5.10 Å². The van der Waals surface area contributed by atoms with Crippen molar-refractivity contribution in [1.82, 2.24) is 25.4 Å². The minimum Gasteiger partial charge on any atom is -0.419 e. The van der Waals surface area contributed by atoms with Crippen LogP contribution in [0.25, 0.3) is 11.5 Å². The Morgan fingerprint density at radius 1 is 1.23 bits per heavy atom. The van der Waals surface area contributed by atoms with Gasteiger partial charge in [0.2, 0.25) is 16.9 Å². The number of aromatic nitrogens is 5. The normalized spacial score (nSPS) is 12.4. The van der Waals surface area contributed by atoms with Crippen molar-refractivity contribution in [2.24, 2.45) is 0 Å². The fraction of sp³-hybridized carbons (Fsp3) is 0.222. The van der Waals surface area contributed by atoms with Crippen molar-refractivity contribution >= 4 is 23.1 Å². The minimum atomic E-state index is -0.0357. The predicted molar refractivity (Wildman–Crippen MR) is 102 cm³/mol. The Balaban J connectivity index is 1.44. The number of thiophene rings is 1. The molecule has 26 heavy (non-hydrogen) atoms. The van der Waals surface area contributed by atoms with Crippen LogP contribution in [0.3, 0.4) is 0 Å². The zero-order chi connectivity index (χ0) is 17.9. The summed E-state index contributed by atoms with van der Waals surface area (Å²) >= 11 is 3.21. The number of rotatable bonds is 6. The van der Waals surface area contributed by atoms with Gasteiger partial charge in [-0.25, -0.2) is 4.98 Å². The quantitative estimate of drug-likeness (QED) is 0.487. The summed E-state index contributed by atoms with van der Waals surface area (Å²) in [5.74, 6) is 1.95. The molecule has 0 spiro atoms. The van der Waals surface area contributed by atoms with Crippen molar-refractivity contribution in [2.75, 3.05) is 0 Å². The number of nitrogens with one attached hydrogen (secondary N) is 1. The second kappa shape index (κ2) is 7.43. The van der Waals surface area contributed by atoms with Crippen LogP contribution in [-0.2, 0) is 6.42 Å². The van der Waals surface area contributed by atoms with Gasteiger partial charge >= 0.3 is 0 Å². The first-order chi connectivity index (χ1) is 12.7. The summed E-state index contributed by atoms with van der Waals surface area (Å²) in [6.45, 7) is 4.05. The van der Waals surface area contributed by atoms with Crippen LogP contribution >= 0.6 is 23.1 Å². The van der Waals surface area contributed by atoms with E-state index >= 15 is 0 Å². The lowest BCUT2D eigenvalue weighted by Gasteiger charge is -2.02. The van der Waals surface area contributed by atoms with Crippen molar-refractivity contribution < 1.29 is 4.42 Å². The molecule has 1 N–H and O–H groups in total. The van der Waals surface area contributed by atoms with Gasteiger partial charge in [-0.05, 0) is 37.4 Å². The number of hydrogen-bond donors (Lipinski definition) is 1. The van der Waals surface area contributed by atoms with Crippen molar-refractivity contribution in [3.05, 3.63) is 63.9 Å². The molecule has 132 valence electrons. The smallest absolute Gasteiger partial charge is 0.247 e. The fourth-order valence-electron chi connectivity index (χ4n) is 2.49. The number of aromatic amines is 1. The molecular weight excluding hydrogens is 366 g/mol. The van der Waals surface area contributed by atoms with Crippen molar-refractivity contribution in [3.8, 4) is 11.5 Å². The standard InChI is InChI=1S/C18H17N5OS2/c1-11-5-3-6-13(9-11)17-22-21-16(24-17)12(2)26-18-19-15(20-23-18)10-14-7-4-8-25-14/h3-9,12H,10H2,1-2H3,(H,19,20,23). The molecule has 1 atom stereocenters. The summed E-state index contributed by atoms with van der Waals surface area (Å²) in [5.41, 5.74) is 2.08. The third-order valence-corrected chi connectivity index (χ3v) is 5.59. The Hall–Kier alpha value is -2.45. The molecule has 0 aliphatic heterocycles. The average molecular weight is 384 g/mol. The molecule has 0 saturated carbocycles. The molecular formula is C18H17N5OS2. The molecule has 0 fully saturated rings. The van der Waals surface area contributed by atoms with Crippen molar-refractivity contribution in [2.45, 2.75) is 30.7 Å². The van der Waals surface area contributed by atoms with Gasteiger partial charge in [0.25, 0.3) is 0 Å². The van der Waals surface area contributed by atoms with Gasteiger partial charge in [0.1, 0.15) is 5.82 Å². The lowest BCUT2D eigenvalue weighted by atomic mass is 10.1. The van der Waals surface area contributed by atoms with Crippen LogP contribution in [-0.4, -0.2) is 25.4 Å². The molecule has 6 nitrogen and oxygen atoms in total. The number of hydrogen-bond acceptors (Lipinski definition) is 7. The molecule has 3 aromatic heterocycles. The van der Waals surface area contributed by atoms with Gasteiger partial charge in [0, 0.05) is 16.9 Å². The molecule has 0 amide bonds. The largest absolute Gasteiger partial charge is 0.419 e. The zero-order valence-corrected chi connectivity index (χ0v) is 16.0. The highest BCUT2D eigenvalue weighted by molar-refractivity contribution is 7.99. The third kappa shape index (κ3) is 3.86. The molecule has 4 aromatic rings. The molecule has 0 saturated heterocycles. The Kier molecular flexibility index (Phi) is 4.85. The van der Waals surface area contributed by atoms with E-state index in [9.17, 15) is 0 Å². The van der Waals surface area contributed by atoms with Crippen LogP contribution in [0.5, 0.6) is 0 Å². The SMILES string of the molecule is Cc1cccc(-c2nnc(C(C)Sc3n[nH]c(Cc4cccs4)n3)o2)c1. The molecule has 1 aromatic carbocycles. The van der Waals surface area contributed by atoms with Crippen LogP contribution in [0.15, 0.2) is 51.4 Å². The van der Waals surface area contributed by atoms with E-state index in [-0.39, 0.29) is 5.25 Å². The first-order valence-corrected chi connectivity index (χ1v) is 9.94. The van der Waals surface area contributed by atoms with E-state index in [1.54, 1.807) is 11.3 Å². The highest BCUT2D eigenvalue weighted by Gasteiger charge is 2.18. The van der Waals surface area contributed by atoms with Crippen LogP contribution in [0, 0.1) is 6.92 Å². The van der Waals surface area contributed by atoms with E-state index in [1.165, 1.54) is 16.6 Å². The second-order valence-corrected chi connectivity index (χ2v) is 8.24. The number of aryl methyl sites for hydroxylation is 1. The minimum absolute atomic E-state index is 0.0357. The fourth-order valence-corrected chi connectivity index (χ4v) is 3.97. The zero-order valence-electron chi connectivity index (χ0n) is 14.3. The van der Waals surface area contributed by atoms with Gasteiger partial charge in [-0.15, -0.1) is 26.6 Å². The first kappa shape index (κ1) is 17.0. The molecule has 1 unspecified atom stereocenters. The van der Waals surface area contributed by atoms with E-state index in [0.29, 0.717) is 16.9 Å². The first-order valence-electron chi connectivity index (χ1n) is 8.18. The van der Waals surface area contributed by atoms with E-state index in [0.717, 1.165) is 23.4 Å². The maximum absolute atomic E-state index is 5.84. The van der Waals surface area contributed by atoms with Crippen LogP contribution in [0.2, 0.25) is 0 Å². The molecule has 0 aliphatic rings. The van der Waals surface area contributed by atoms with Crippen molar-refractivity contribution in [1.29, 1.82) is 0 Å². The highest BCUT2D eigenvalue weighted by atomic mass is 32.2. The van der Waals surface area contributed by atoms with Crippen LogP contribution in [0.1, 0.15) is 34.3 Å². The highest BCUT2D eigenvalue weighted by Crippen LogP contribution is 2.33. The number of benzene rings is 1. The van der Waals surface area contributed by atoms with E-state index in [4.69, 9.17) is 4.42 Å². The van der Waals surface area contributed by atoms with Gasteiger partial charge in [0.15, 0.2) is 0 Å². The maximum atomic E-state index is 5.84. The van der Waals surface area contributed by atoms with Crippen LogP contribution < -0.4 is 0 Å². The summed E-state index contributed by atoms with van der Waals surface area (Å²) in [6, 6.07) is 12.1. The number of nitrogens with zero attached hydrogens (tertiary/aromatic N) is 4. The lowest BCUT2D eigenvalue weighted by molar-refractivity contribution is 0.509. The molecule has 4 rings (SSSR count).